The van der Waals surface area contributed by atoms with Crippen LogP contribution < -0.4 is 0 Å². The average molecular weight is 222 g/mol. The highest BCUT2D eigenvalue weighted by molar-refractivity contribution is 6.55. The molecule has 1 aliphatic heterocycles. The summed E-state index contributed by atoms with van der Waals surface area (Å²) in [5.41, 5.74) is 0.229. The molecular formula is C9H13Cl2NO. The Bertz CT molecular complexity index is 234. The topological polar surface area (TPSA) is 23.5 Å². The van der Waals surface area contributed by atoms with E-state index in [9.17, 15) is 5.11 Å². The van der Waals surface area contributed by atoms with Crippen LogP contribution in [0.2, 0.25) is 0 Å². The largest absolute Gasteiger partial charge is 0.391 e. The third kappa shape index (κ3) is 2.01. The van der Waals surface area contributed by atoms with Crippen molar-refractivity contribution in [3.63, 3.8) is 0 Å². The molecule has 1 saturated carbocycles. The van der Waals surface area contributed by atoms with E-state index in [1.54, 1.807) is 6.08 Å². The highest BCUT2D eigenvalue weighted by Gasteiger charge is 2.54. The second-order valence-corrected chi connectivity index (χ2v) is 5.07. The van der Waals surface area contributed by atoms with E-state index in [1.165, 1.54) is 12.8 Å². The minimum absolute atomic E-state index is 0.144. The first-order valence-electron chi connectivity index (χ1n) is 4.54. The molecule has 1 spiro atoms. The van der Waals surface area contributed by atoms with Gasteiger partial charge in [0.25, 0.3) is 0 Å². The summed E-state index contributed by atoms with van der Waals surface area (Å²) >= 11 is 11.0. The van der Waals surface area contributed by atoms with Gasteiger partial charge in [0.1, 0.15) is 4.49 Å². The zero-order valence-corrected chi connectivity index (χ0v) is 8.85. The number of hydrogen-bond donors (Lipinski definition) is 1. The van der Waals surface area contributed by atoms with E-state index in [4.69, 9.17) is 23.2 Å². The molecule has 4 heteroatoms. The second kappa shape index (κ2) is 3.43. The number of nitrogens with zero attached hydrogens (tertiary/aromatic N) is 1. The van der Waals surface area contributed by atoms with Gasteiger partial charge in [0, 0.05) is 25.0 Å². The maximum atomic E-state index is 9.73. The quantitative estimate of drug-likeness (QED) is 0.769. The third-order valence-corrected chi connectivity index (χ3v) is 3.38. The molecule has 2 aliphatic rings. The van der Waals surface area contributed by atoms with E-state index in [-0.39, 0.29) is 11.5 Å². The summed E-state index contributed by atoms with van der Waals surface area (Å²) in [6.07, 6.45) is 3.97. The summed E-state index contributed by atoms with van der Waals surface area (Å²) in [6, 6.07) is 0. The van der Waals surface area contributed by atoms with E-state index in [0.717, 1.165) is 19.6 Å². The lowest BCUT2D eigenvalue weighted by molar-refractivity contribution is 0.132. The molecule has 0 aromatic rings. The number of β-amino-alcohol motifs (C(OH)–C–C–N with tert-alkyl or cyclic N) is 1. The molecule has 1 atom stereocenters. The summed E-state index contributed by atoms with van der Waals surface area (Å²) in [6.45, 7) is 2.50. The van der Waals surface area contributed by atoms with Crippen molar-refractivity contribution in [3.8, 4) is 0 Å². The van der Waals surface area contributed by atoms with Crippen molar-refractivity contribution in [1.82, 2.24) is 4.90 Å². The third-order valence-electron chi connectivity index (χ3n) is 3.07. The first kappa shape index (κ1) is 9.78. The van der Waals surface area contributed by atoms with Crippen LogP contribution in [0.1, 0.15) is 12.8 Å². The Morgan fingerprint density at radius 2 is 2.23 bits per heavy atom. The van der Waals surface area contributed by atoms with E-state index in [1.807, 2.05) is 0 Å². The minimum atomic E-state index is -0.144. The van der Waals surface area contributed by atoms with Crippen LogP contribution in [0.3, 0.4) is 0 Å². The Morgan fingerprint density at radius 1 is 1.54 bits per heavy atom. The molecule has 1 unspecified atom stereocenters. The van der Waals surface area contributed by atoms with Crippen molar-refractivity contribution < 1.29 is 5.11 Å². The van der Waals surface area contributed by atoms with Gasteiger partial charge >= 0.3 is 0 Å². The van der Waals surface area contributed by atoms with Crippen LogP contribution in [0.25, 0.3) is 0 Å². The standard InChI is InChI=1S/C9H13Cl2NO/c10-8(11)1-4-12-5-7(13)9(6-12)2-3-9/h1,7,13H,2-6H2. The summed E-state index contributed by atoms with van der Waals surface area (Å²) < 4.78 is 0.311. The van der Waals surface area contributed by atoms with Crippen LogP contribution in [0.15, 0.2) is 10.6 Å². The van der Waals surface area contributed by atoms with E-state index in [0.29, 0.717) is 4.49 Å². The highest BCUT2D eigenvalue weighted by atomic mass is 35.5. The number of aliphatic hydroxyl groups is 1. The highest BCUT2D eigenvalue weighted by Crippen LogP contribution is 2.52. The van der Waals surface area contributed by atoms with Crippen LogP contribution in [0.5, 0.6) is 0 Å². The number of rotatable bonds is 2. The van der Waals surface area contributed by atoms with Gasteiger partial charge in [-0.15, -0.1) is 0 Å². The molecule has 0 amide bonds. The lowest BCUT2D eigenvalue weighted by Crippen LogP contribution is -2.21. The summed E-state index contributed by atoms with van der Waals surface area (Å²) in [7, 11) is 0. The fraction of sp³-hybridized carbons (Fsp3) is 0.778. The first-order valence-corrected chi connectivity index (χ1v) is 5.30. The zero-order valence-electron chi connectivity index (χ0n) is 7.34. The first-order chi connectivity index (χ1) is 6.12. The lowest BCUT2D eigenvalue weighted by atomic mass is 10.0. The van der Waals surface area contributed by atoms with Crippen LogP contribution >= 0.6 is 23.2 Å². The van der Waals surface area contributed by atoms with Gasteiger partial charge < -0.3 is 5.11 Å². The van der Waals surface area contributed by atoms with Gasteiger partial charge in [0.05, 0.1) is 6.10 Å². The Hall–Kier alpha value is 0.240. The fourth-order valence-electron chi connectivity index (χ4n) is 2.04. The average Bonchev–Trinajstić information content (AvgIpc) is 2.73. The molecule has 74 valence electrons. The smallest absolute Gasteiger partial charge is 0.104 e. The lowest BCUT2D eigenvalue weighted by Gasteiger charge is -2.11. The van der Waals surface area contributed by atoms with Crippen molar-refractivity contribution >= 4 is 23.2 Å². The Morgan fingerprint density at radius 3 is 2.69 bits per heavy atom. The molecule has 0 aromatic heterocycles. The number of likely N-dealkylation sites (tertiary alicyclic amines) is 1. The predicted molar refractivity (Wildman–Crippen MR) is 53.9 cm³/mol. The molecule has 1 saturated heterocycles. The van der Waals surface area contributed by atoms with Crippen LogP contribution in [0, 0.1) is 5.41 Å². The number of aliphatic hydroxyl groups excluding tert-OH is 1. The van der Waals surface area contributed by atoms with Crippen LogP contribution in [0.4, 0.5) is 0 Å². The molecule has 13 heavy (non-hydrogen) atoms. The molecule has 2 rings (SSSR count). The molecule has 0 bridgehead atoms. The van der Waals surface area contributed by atoms with Gasteiger partial charge in [-0.1, -0.05) is 23.2 Å². The Kier molecular flexibility index (Phi) is 2.58. The van der Waals surface area contributed by atoms with Crippen molar-refractivity contribution in [2.45, 2.75) is 18.9 Å². The molecule has 1 aliphatic carbocycles. The molecule has 2 fully saturated rings. The van der Waals surface area contributed by atoms with Gasteiger partial charge in [-0.2, -0.15) is 0 Å². The van der Waals surface area contributed by atoms with Crippen molar-refractivity contribution in [2.24, 2.45) is 5.41 Å². The van der Waals surface area contributed by atoms with Gasteiger partial charge in [-0.3, -0.25) is 4.90 Å². The molecule has 1 N–H and O–H groups in total. The Labute approximate surface area is 88.1 Å². The number of halogens is 2. The molecule has 1 heterocycles. The van der Waals surface area contributed by atoms with Gasteiger partial charge in [0.15, 0.2) is 0 Å². The van der Waals surface area contributed by atoms with E-state index < -0.39 is 0 Å². The van der Waals surface area contributed by atoms with Crippen molar-refractivity contribution in [3.05, 3.63) is 10.6 Å². The summed E-state index contributed by atoms with van der Waals surface area (Å²) in [5.74, 6) is 0. The van der Waals surface area contributed by atoms with Gasteiger partial charge in [-0.25, -0.2) is 0 Å². The molecule has 0 aromatic carbocycles. The maximum Gasteiger partial charge on any atom is 0.104 e. The predicted octanol–water partition coefficient (Wildman–Crippen LogP) is 1.76. The van der Waals surface area contributed by atoms with E-state index in [2.05, 4.69) is 4.90 Å². The molecule has 0 radical (unpaired) electrons. The second-order valence-electron chi connectivity index (χ2n) is 4.07. The molecular weight excluding hydrogens is 209 g/mol. The normalized spacial score (nSPS) is 30.8. The van der Waals surface area contributed by atoms with Crippen LogP contribution in [-0.2, 0) is 0 Å². The fourth-order valence-corrected chi connectivity index (χ4v) is 2.18. The zero-order chi connectivity index (χ0) is 9.47. The Balaban J connectivity index is 1.87. The van der Waals surface area contributed by atoms with Gasteiger partial charge in [-0.05, 0) is 18.9 Å². The van der Waals surface area contributed by atoms with Crippen LogP contribution in [-0.4, -0.2) is 35.7 Å². The monoisotopic (exact) mass is 221 g/mol. The molecule has 2 nitrogen and oxygen atoms in total. The van der Waals surface area contributed by atoms with Gasteiger partial charge in [0.2, 0.25) is 0 Å². The minimum Gasteiger partial charge on any atom is -0.391 e. The number of hydrogen-bond acceptors (Lipinski definition) is 2. The summed E-state index contributed by atoms with van der Waals surface area (Å²) in [5, 5.41) is 9.73. The maximum absolute atomic E-state index is 9.73. The van der Waals surface area contributed by atoms with E-state index >= 15 is 0 Å². The SMILES string of the molecule is OC1CN(CC=C(Cl)Cl)CC12CC2. The van der Waals surface area contributed by atoms with Crippen molar-refractivity contribution in [1.29, 1.82) is 0 Å². The van der Waals surface area contributed by atoms with Crippen molar-refractivity contribution in [2.75, 3.05) is 19.6 Å². The summed E-state index contributed by atoms with van der Waals surface area (Å²) in [4.78, 5) is 2.20.